The Kier molecular flexibility index (Phi) is 4.85. The third-order valence-electron chi connectivity index (χ3n) is 1.29. The van der Waals surface area contributed by atoms with Crippen LogP contribution in [0.4, 0.5) is 0 Å². The maximum atomic E-state index is 10.2. The van der Waals surface area contributed by atoms with Crippen LogP contribution in [0.3, 0.4) is 0 Å². The molecule has 1 amide bonds. The lowest BCUT2D eigenvalue weighted by atomic mass is 9.93. The number of carbonyl (C=O) groups is 1. The van der Waals surface area contributed by atoms with Crippen LogP contribution < -0.4 is 11.2 Å². The number of hydroxylamine groups is 1. The summed E-state index contributed by atoms with van der Waals surface area (Å²) in [4.78, 5) is 15.0. The van der Waals surface area contributed by atoms with Gasteiger partial charge in [0.2, 0.25) is 5.91 Å². The highest BCUT2D eigenvalue weighted by molar-refractivity contribution is 5.74. The van der Waals surface area contributed by atoms with Gasteiger partial charge in [0.15, 0.2) is 0 Å². The zero-order chi connectivity index (χ0) is 9.61. The van der Waals surface area contributed by atoms with E-state index >= 15 is 0 Å². The fourth-order valence-corrected chi connectivity index (χ4v) is 0.620. The number of primary amides is 1. The maximum Gasteiger partial charge on any atom is 0.245 e. The van der Waals surface area contributed by atoms with Gasteiger partial charge in [-0.3, -0.25) is 9.63 Å². The highest BCUT2D eigenvalue weighted by atomic mass is 16.6. The highest BCUT2D eigenvalue weighted by Crippen LogP contribution is 2.16. The third kappa shape index (κ3) is 9.39. The molecule has 0 aliphatic heterocycles. The quantitative estimate of drug-likeness (QED) is 0.469. The maximum absolute atomic E-state index is 10.2. The smallest absolute Gasteiger partial charge is 0.245 e. The molecule has 4 heteroatoms. The van der Waals surface area contributed by atoms with Crippen molar-refractivity contribution in [3.8, 4) is 0 Å². The fraction of sp³-hybridized carbons (Fsp3) is 0.875. The van der Waals surface area contributed by atoms with E-state index in [1.54, 1.807) is 0 Å². The number of nitrogens with one attached hydrogen (secondary N) is 1. The predicted molar refractivity (Wildman–Crippen MR) is 47.2 cm³/mol. The van der Waals surface area contributed by atoms with Crippen LogP contribution in [0.5, 0.6) is 0 Å². The molecule has 3 N–H and O–H groups in total. The summed E-state index contributed by atoms with van der Waals surface area (Å²) in [5.41, 5.74) is 7.81. The molecule has 0 bridgehead atoms. The van der Waals surface area contributed by atoms with Gasteiger partial charge in [0, 0.05) is 6.54 Å². The Morgan fingerprint density at radius 2 is 2.08 bits per heavy atom. The normalized spacial score (nSPS) is 11.6. The summed E-state index contributed by atoms with van der Waals surface area (Å²) in [5, 5.41) is 0. The molecule has 0 aromatic carbocycles. The van der Waals surface area contributed by atoms with Crippen LogP contribution in [0.25, 0.3) is 0 Å². The van der Waals surface area contributed by atoms with E-state index in [4.69, 9.17) is 10.6 Å². The molecule has 0 aliphatic rings. The second-order valence-electron chi connectivity index (χ2n) is 3.96. The van der Waals surface area contributed by atoms with Gasteiger partial charge in [0.1, 0.15) is 6.61 Å². The van der Waals surface area contributed by atoms with Gasteiger partial charge in [0.25, 0.3) is 0 Å². The van der Waals surface area contributed by atoms with Crippen LogP contribution in [0.1, 0.15) is 27.2 Å². The Morgan fingerprint density at radius 3 is 2.50 bits per heavy atom. The lowest BCUT2D eigenvalue weighted by molar-refractivity contribution is -0.125. The van der Waals surface area contributed by atoms with Gasteiger partial charge in [-0.2, -0.15) is 0 Å². The molecule has 0 saturated carbocycles. The molecule has 0 heterocycles. The lowest BCUT2D eigenvalue weighted by Gasteiger charge is -2.17. The first-order valence-electron chi connectivity index (χ1n) is 4.05. The molecule has 0 unspecified atom stereocenters. The largest absolute Gasteiger partial charge is 0.368 e. The summed E-state index contributed by atoms with van der Waals surface area (Å²) in [6, 6.07) is 0. The molecule has 0 spiro atoms. The molecular weight excluding hydrogens is 156 g/mol. The average Bonchev–Trinajstić information content (AvgIpc) is 1.83. The van der Waals surface area contributed by atoms with Crippen molar-refractivity contribution in [2.24, 2.45) is 11.1 Å². The van der Waals surface area contributed by atoms with Gasteiger partial charge in [-0.25, -0.2) is 5.48 Å². The number of nitrogens with two attached hydrogens (primary N) is 1. The van der Waals surface area contributed by atoms with Crippen LogP contribution >= 0.6 is 0 Å². The number of amides is 1. The first-order chi connectivity index (χ1) is 5.42. The lowest BCUT2D eigenvalue weighted by Crippen LogP contribution is -2.27. The third-order valence-corrected chi connectivity index (χ3v) is 1.29. The van der Waals surface area contributed by atoms with E-state index in [0.717, 1.165) is 13.0 Å². The minimum absolute atomic E-state index is 0.0653. The van der Waals surface area contributed by atoms with E-state index < -0.39 is 5.91 Å². The van der Waals surface area contributed by atoms with Gasteiger partial charge in [-0.1, -0.05) is 20.8 Å². The predicted octanol–water partition coefficient (Wildman–Crippen LogP) is 0.429. The van der Waals surface area contributed by atoms with E-state index in [-0.39, 0.29) is 12.0 Å². The number of hydrogen-bond donors (Lipinski definition) is 2. The van der Waals surface area contributed by atoms with Gasteiger partial charge < -0.3 is 5.73 Å². The Morgan fingerprint density at radius 1 is 1.50 bits per heavy atom. The zero-order valence-corrected chi connectivity index (χ0v) is 8.02. The Hall–Kier alpha value is -0.610. The first-order valence-corrected chi connectivity index (χ1v) is 4.05. The molecule has 0 radical (unpaired) electrons. The summed E-state index contributed by atoms with van der Waals surface area (Å²) in [5.74, 6) is -0.460. The van der Waals surface area contributed by atoms with Crippen molar-refractivity contribution in [1.82, 2.24) is 5.48 Å². The van der Waals surface area contributed by atoms with E-state index in [0.29, 0.717) is 0 Å². The van der Waals surface area contributed by atoms with Crippen molar-refractivity contribution in [2.75, 3.05) is 13.2 Å². The zero-order valence-electron chi connectivity index (χ0n) is 8.02. The van der Waals surface area contributed by atoms with Crippen LogP contribution in [-0.4, -0.2) is 19.1 Å². The van der Waals surface area contributed by atoms with Crippen LogP contribution in [0.15, 0.2) is 0 Å². The average molecular weight is 174 g/mol. The monoisotopic (exact) mass is 174 g/mol. The van der Waals surface area contributed by atoms with E-state index in [1.165, 1.54) is 0 Å². The minimum Gasteiger partial charge on any atom is -0.368 e. The molecule has 0 aromatic heterocycles. The van der Waals surface area contributed by atoms with Crippen molar-refractivity contribution in [3.63, 3.8) is 0 Å². The van der Waals surface area contributed by atoms with E-state index in [9.17, 15) is 4.79 Å². The van der Waals surface area contributed by atoms with Crippen LogP contribution in [0, 0.1) is 5.41 Å². The van der Waals surface area contributed by atoms with Crippen LogP contribution in [-0.2, 0) is 9.63 Å². The summed E-state index contributed by atoms with van der Waals surface area (Å²) in [6.45, 7) is 7.09. The molecule has 0 aromatic rings. The fourth-order valence-electron chi connectivity index (χ4n) is 0.620. The number of carbonyl (C=O) groups excluding carboxylic acids is 1. The van der Waals surface area contributed by atoms with Gasteiger partial charge in [-0.05, 0) is 11.8 Å². The number of rotatable bonds is 5. The topological polar surface area (TPSA) is 64.3 Å². The summed E-state index contributed by atoms with van der Waals surface area (Å²) in [6.07, 6.45) is 0.992. The summed E-state index contributed by atoms with van der Waals surface area (Å²) >= 11 is 0. The van der Waals surface area contributed by atoms with Crippen molar-refractivity contribution in [2.45, 2.75) is 27.2 Å². The van der Waals surface area contributed by atoms with E-state index in [1.807, 2.05) is 0 Å². The molecule has 0 saturated heterocycles. The first kappa shape index (κ1) is 11.4. The van der Waals surface area contributed by atoms with Crippen molar-refractivity contribution < 1.29 is 9.63 Å². The Bertz CT molecular complexity index is 140. The number of hydrogen-bond acceptors (Lipinski definition) is 3. The van der Waals surface area contributed by atoms with Gasteiger partial charge in [-0.15, -0.1) is 0 Å². The summed E-state index contributed by atoms with van der Waals surface area (Å²) in [7, 11) is 0. The summed E-state index contributed by atoms with van der Waals surface area (Å²) < 4.78 is 0. The van der Waals surface area contributed by atoms with Gasteiger partial charge in [0.05, 0.1) is 0 Å². The Labute approximate surface area is 73.4 Å². The standard InChI is InChI=1S/C8H18N2O2/c1-8(2,3)4-5-10-12-6-7(9)11/h10H,4-6H2,1-3H3,(H2,9,11). The molecule has 4 nitrogen and oxygen atoms in total. The second-order valence-corrected chi connectivity index (χ2v) is 3.96. The molecule has 0 aliphatic carbocycles. The SMILES string of the molecule is CC(C)(C)CCNOCC(N)=O. The minimum atomic E-state index is -0.460. The van der Waals surface area contributed by atoms with Crippen molar-refractivity contribution >= 4 is 5.91 Å². The van der Waals surface area contributed by atoms with Crippen molar-refractivity contribution in [3.05, 3.63) is 0 Å². The molecule has 0 atom stereocenters. The van der Waals surface area contributed by atoms with Crippen LogP contribution in [0.2, 0.25) is 0 Å². The second kappa shape index (κ2) is 5.11. The highest BCUT2D eigenvalue weighted by Gasteiger charge is 2.08. The molecule has 0 rings (SSSR count). The molecule has 72 valence electrons. The van der Waals surface area contributed by atoms with E-state index in [2.05, 4.69) is 26.3 Å². The van der Waals surface area contributed by atoms with Gasteiger partial charge >= 0.3 is 0 Å². The molecule has 0 fully saturated rings. The van der Waals surface area contributed by atoms with Crippen molar-refractivity contribution in [1.29, 1.82) is 0 Å². The molecular formula is C8H18N2O2. The Balaban J connectivity index is 3.17. The molecule has 12 heavy (non-hydrogen) atoms.